The van der Waals surface area contributed by atoms with E-state index in [9.17, 15) is 14.9 Å². The minimum Gasteiger partial charge on any atom is -0.342 e. The van der Waals surface area contributed by atoms with Crippen molar-refractivity contribution in [3.63, 3.8) is 0 Å². The van der Waals surface area contributed by atoms with Gasteiger partial charge in [-0.2, -0.15) is 0 Å². The number of non-ortho nitro benzene ring substituents is 1. The van der Waals surface area contributed by atoms with Crippen molar-refractivity contribution in [3.8, 4) is 0 Å². The molecule has 0 saturated carbocycles. The summed E-state index contributed by atoms with van der Waals surface area (Å²) in [4.78, 5) is 24.2. The van der Waals surface area contributed by atoms with Crippen LogP contribution in [0.2, 0.25) is 0 Å². The van der Waals surface area contributed by atoms with Crippen molar-refractivity contribution < 1.29 is 9.72 Å². The summed E-state index contributed by atoms with van der Waals surface area (Å²) < 4.78 is 0. The smallest absolute Gasteiger partial charge is 0.269 e. The predicted molar refractivity (Wildman–Crippen MR) is 82.2 cm³/mol. The van der Waals surface area contributed by atoms with E-state index in [1.165, 1.54) is 18.2 Å². The molecule has 0 aliphatic heterocycles. The molecule has 1 amide bonds. The zero-order chi connectivity index (χ0) is 16.2. The van der Waals surface area contributed by atoms with Crippen LogP contribution in [0.3, 0.4) is 0 Å². The normalized spacial score (nSPS) is 12.3. The lowest BCUT2D eigenvalue weighted by Gasteiger charge is -2.22. The molecule has 0 aromatic heterocycles. The maximum Gasteiger partial charge on any atom is 0.269 e. The second-order valence-electron chi connectivity index (χ2n) is 5.68. The van der Waals surface area contributed by atoms with E-state index in [4.69, 9.17) is 5.73 Å². The number of carbonyl (C=O) groups is 1. The Balaban J connectivity index is 2.76. The van der Waals surface area contributed by atoms with E-state index in [1.54, 1.807) is 18.9 Å². The highest BCUT2D eigenvalue weighted by atomic mass is 16.6. The third kappa shape index (κ3) is 4.53. The fraction of sp³-hybridized carbons (Fsp3) is 0.533. The fourth-order valence-corrected chi connectivity index (χ4v) is 1.98. The van der Waals surface area contributed by atoms with Gasteiger partial charge in [-0.3, -0.25) is 14.9 Å². The number of nitrogens with zero attached hydrogens (tertiary/aromatic N) is 2. The first-order chi connectivity index (χ1) is 9.73. The summed E-state index contributed by atoms with van der Waals surface area (Å²) in [5, 5.41) is 10.7. The molecule has 0 heterocycles. The number of carbonyl (C=O) groups excluding carboxylic acids is 1. The SMILES string of the molecule is Cc1cc([N+](=O)[O-])ccc1C(=O)N(C)CCC(N)C(C)C. The van der Waals surface area contributed by atoms with Gasteiger partial charge in [-0.25, -0.2) is 0 Å². The largest absolute Gasteiger partial charge is 0.342 e. The lowest BCUT2D eigenvalue weighted by Crippen LogP contribution is -2.34. The standard InChI is InChI=1S/C15H23N3O3/c1-10(2)14(16)7-8-17(4)15(19)13-6-5-12(18(20)21)9-11(13)3/h5-6,9-10,14H,7-8,16H2,1-4H3. The Morgan fingerprint density at radius 3 is 2.52 bits per heavy atom. The molecule has 21 heavy (non-hydrogen) atoms. The molecule has 0 saturated heterocycles. The van der Waals surface area contributed by atoms with Crippen molar-refractivity contribution in [1.29, 1.82) is 0 Å². The van der Waals surface area contributed by atoms with Gasteiger partial charge in [-0.1, -0.05) is 13.8 Å². The Morgan fingerprint density at radius 2 is 2.05 bits per heavy atom. The molecule has 0 radical (unpaired) electrons. The molecule has 0 spiro atoms. The second-order valence-corrected chi connectivity index (χ2v) is 5.68. The van der Waals surface area contributed by atoms with Gasteiger partial charge in [0.25, 0.3) is 11.6 Å². The number of nitrogens with two attached hydrogens (primary N) is 1. The zero-order valence-corrected chi connectivity index (χ0v) is 13.0. The van der Waals surface area contributed by atoms with Gasteiger partial charge in [0, 0.05) is 37.3 Å². The number of nitro benzene ring substituents is 1. The average Bonchev–Trinajstić information content (AvgIpc) is 2.43. The molecule has 1 aromatic carbocycles. The lowest BCUT2D eigenvalue weighted by molar-refractivity contribution is -0.384. The average molecular weight is 293 g/mol. The van der Waals surface area contributed by atoms with Crippen LogP contribution in [-0.2, 0) is 0 Å². The number of benzene rings is 1. The van der Waals surface area contributed by atoms with E-state index in [0.717, 1.165) is 6.42 Å². The molecule has 116 valence electrons. The minimum atomic E-state index is -0.466. The highest BCUT2D eigenvalue weighted by Crippen LogP contribution is 2.18. The van der Waals surface area contributed by atoms with Gasteiger partial charge in [0.2, 0.25) is 0 Å². The Bertz CT molecular complexity index is 529. The molecule has 1 rings (SSSR count). The summed E-state index contributed by atoms with van der Waals surface area (Å²) in [7, 11) is 1.72. The third-order valence-electron chi connectivity index (χ3n) is 3.65. The molecule has 6 nitrogen and oxygen atoms in total. The Labute approximate surface area is 125 Å². The first-order valence-corrected chi connectivity index (χ1v) is 7.00. The molecule has 0 aliphatic rings. The molecule has 1 aromatic rings. The summed E-state index contributed by atoms with van der Waals surface area (Å²) in [6.07, 6.45) is 0.728. The maximum absolute atomic E-state index is 12.3. The highest BCUT2D eigenvalue weighted by molar-refractivity contribution is 5.95. The number of hydrogen-bond donors (Lipinski definition) is 1. The molecule has 6 heteroatoms. The first-order valence-electron chi connectivity index (χ1n) is 7.00. The van der Waals surface area contributed by atoms with E-state index in [0.29, 0.717) is 23.6 Å². The van der Waals surface area contributed by atoms with Gasteiger partial charge in [0.05, 0.1) is 4.92 Å². The van der Waals surface area contributed by atoms with Crippen LogP contribution in [0.15, 0.2) is 18.2 Å². The summed E-state index contributed by atoms with van der Waals surface area (Å²) in [6, 6.07) is 4.34. The predicted octanol–water partition coefficient (Wildman–Crippen LogP) is 2.35. The number of nitro groups is 1. The molecule has 0 fully saturated rings. The monoisotopic (exact) mass is 293 g/mol. The molecular formula is C15H23N3O3. The second kappa shape index (κ2) is 7.17. The molecule has 1 atom stereocenters. The topological polar surface area (TPSA) is 89.5 Å². The van der Waals surface area contributed by atoms with Crippen LogP contribution in [0.1, 0.15) is 36.2 Å². The third-order valence-corrected chi connectivity index (χ3v) is 3.65. The Kier molecular flexibility index (Phi) is 5.84. The fourth-order valence-electron chi connectivity index (χ4n) is 1.98. The van der Waals surface area contributed by atoms with E-state index >= 15 is 0 Å². The molecular weight excluding hydrogens is 270 g/mol. The lowest BCUT2D eigenvalue weighted by atomic mass is 10.0. The number of amides is 1. The summed E-state index contributed by atoms with van der Waals surface area (Å²) in [6.45, 7) is 6.36. The molecule has 0 aliphatic carbocycles. The quantitative estimate of drug-likeness (QED) is 0.644. The first kappa shape index (κ1) is 17.1. The van der Waals surface area contributed by atoms with Gasteiger partial charge in [0.1, 0.15) is 0 Å². The van der Waals surface area contributed by atoms with E-state index < -0.39 is 4.92 Å². The van der Waals surface area contributed by atoms with E-state index in [1.807, 2.05) is 13.8 Å². The van der Waals surface area contributed by atoms with Crippen LogP contribution >= 0.6 is 0 Å². The summed E-state index contributed by atoms with van der Waals surface area (Å²) in [5.41, 5.74) is 7.06. The molecule has 2 N–H and O–H groups in total. The van der Waals surface area contributed by atoms with Crippen molar-refractivity contribution in [3.05, 3.63) is 39.4 Å². The maximum atomic E-state index is 12.3. The molecule has 1 unspecified atom stereocenters. The van der Waals surface area contributed by atoms with Gasteiger partial charge >= 0.3 is 0 Å². The van der Waals surface area contributed by atoms with Gasteiger partial charge in [-0.05, 0) is 30.9 Å². The van der Waals surface area contributed by atoms with Crippen molar-refractivity contribution in [1.82, 2.24) is 4.90 Å². The Hall–Kier alpha value is -1.95. The van der Waals surface area contributed by atoms with Gasteiger partial charge in [-0.15, -0.1) is 0 Å². The van der Waals surface area contributed by atoms with Crippen molar-refractivity contribution in [2.45, 2.75) is 33.2 Å². The van der Waals surface area contributed by atoms with Gasteiger partial charge in [0.15, 0.2) is 0 Å². The van der Waals surface area contributed by atoms with Crippen LogP contribution in [-0.4, -0.2) is 35.4 Å². The van der Waals surface area contributed by atoms with Crippen LogP contribution < -0.4 is 5.73 Å². The van der Waals surface area contributed by atoms with Gasteiger partial charge < -0.3 is 10.6 Å². The van der Waals surface area contributed by atoms with Crippen LogP contribution in [0.25, 0.3) is 0 Å². The van der Waals surface area contributed by atoms with E-state index in [2.05, 4.69) is 0 Å². The minimum absolute atomic E-state index is 0.00599. The van der Waals surface area contributed by atoms with Crippen molar-refractivity contribution in [2.75, 3.05) is 13.6 Å². The number of hydrogen-bond acceptors (Lipinski definition) is 4. The molecule has 0 bridgehead atoms. The van der Waals surface area contributed by atoms with Crippen molar-refractivity contribution in [2.24, 2.45) is 11.7 Å². The van der Waals surface area contributed by atoms with Crippen molar-refractivity contribution >= 4 is 11.6 Å². The Morgan fingerprint density at radius 1 is 1.43 bits per heavy atom. The summed E-state index contributed by atoms with van der Waals surface area (Å²) >= 11 is 0. The van der Waals surface area contributed by atoms with E-state index in [-0.39, 0.29) is 17.6 Å². The van der Waals surface area contributed by atoms with Crippen LogP contribution in [0.5, 0.6) is 0 Å². The highest BCUT2D eigenvalue weighted by Gasteiger charge is 2.18. The summed E-state index contributed by atoms with van der Waals surface area (Å²) in [5.74, 6) is 0.230. The van der Waals surface area contributed by atoms with Crippen LogP contribution in [0, 0.1) is 23.0 Å². The number of aryl methyl sites for hydroxylation is 1. The van der Waals surface area contributed by atoms with Crippen LogP contribution in [0.4, 0.5) is 5.69 Å². The zero-order valence-electron chi connectivity index (χ0n) is 13.0. The number of rotatable bonds is 6.